The number of allylic oxidation sites excluding steroid dienone is 1. The maximum atomic E-state index is 13.4. The van der Waals surface area contributed by atoms with Gasteiger partial charge in [-0.2, -0.15) is 0 Å². The lowest BCUT2D eigenvalue weighted by Crippen LogP contribution is -2.62. The molecule has 0 aliphatic heterocycles. The van der Waals surface area contributed by atoms with Crippen molar-refractivity contribution in [3.8, 4) is 0 Å². The average molecular weight is 653 g/mol. The first kappa shape index (κ1) is 33.0. The Hall–Kier alpha value is -1.88. The number of carbonyl (C=O) groups excluding carboxylic acids is 2. The van der Waals surface area contributed by atoms with Gasteiger partial charge in [-0.3, -0.25) is 14.3 Å². The summed E-state index contributed by atoms with van der Waals surface area (Å²) in [5, 5.41) is 35.5. The minimum atomic E-state index is -1.59. The number of carbonyl (C=O) groups is 2. The first-order chi connectivity index (χ1) is 21.5. The molecule has 6 unspecified atom stereocenters. The minimum absolute atomic E-state index is 0.00621. The molecular formula is C36H48N2O5S2. The fraction of sp³-hybridized carbons (Fsp3) is 0.611. The monoisotopic (exact) mass is 652 g/mol. The third-order valence-electron chi connectivity index (χ3n) is 12.1. The van der Waals surface area contributed by atoms with Gasteiger partial charge < -0.3 is 20.2 Å². The number of thioether (sulfide) groups is 1. The largest absolute Gasteiger partial charge is 0.393 e. The Bertz CT molecular complexity index is 1510. The number of Topliss-reactive ketones (excluding diaryl/α,β-unsaturated/α-hetero) is 2. The molecule has 0 aromatic heterocycles. The molecule has 2 aromatic carbocycles. The summed E-state index contributed by atoms with van der Waals surface area (Å²) in [5.74, 6) is 0.773. The Morgan fingerprint density at radius 2 is 1.84 bits per heavy atom. The van der Waals surface area contributed by atoms with Gasteiger partial charge in [0.05, 0.1) is 11.0 Å². The van der Waals surface area contributed by atoms with Crippen LogP contribution in [-0.2, 0) is 9.59 Å². The zero-order chi connectivity index (χ0) is 32.1. The molecule has 244 valence electrons. The summed E-state index contributed by atoms with van der Waals surface area (Å²) in [6.07, 6.45) is 4.53. The molecule has 7 atom stereocenters. The average Bonchev–Trinajstić information content (AvgIpc) is 3.31. The molecule has 2 aromatic rings. The number of nitrogens with zero attached hydrogens (tertiary/aromatic N) is 1. The van der Waals surface area contributed by atoms with Crippen LogP contribution in [0.5, 0.6) is 0 Å². The third kappa shape index (κ3) is 5.21. The van der Waals surface area contributed by atoms with Gasteiger partial charge in [0, 0.05) is 54.2 Å². The zero-order valence-electron chi connectivity index (χ0n) is 27.0. The van der Waals surface area contributed by atoms with Crippen LogP contribution >= 0.6 is 23.7 Å². The van der Waals surface area contributed by atoms with E-state index in [1.165, 1.54) is 26.9 Å². The second kappa shape index (κ2) is 12.6. The van der Waals surface area contributed by atoms with Crippen LogP contribution in [0.15, 0.2) is 51.8 Å². The SMILES string of the molecule is CCC12CCC(=O)C(SCCNSc3cccc4c(N(C)C)cccc34)=C1CCC1C2C(O)CC2(C)C1CC[C@]2(O)C(=O)CO. The van der Waals surface area contributed by atoms with E-state index in [1.807, 2.05) is 6.92 Å². The molecular weight excluding hydrogens is 605 g/mol. The Balaban J connectivity index is 1.18. The summed E-state index contributed by atoms with van der Waals surface area (Å²) >= 11 is 3.30. The molecule has 4 aliphatic carbocycles. The summed E-state index contributed by atoms with van der Waals surface area (Å²) < 4.78 is 3.54. The molecule has 0 bridgehead atoms. The van der Waals surface area contributed by atoms with Crippen molar-refractivity contribution >= 4 is 51.7 Å². The topological polar surface area (TPSA) is 110 Å². The minimum Gasteiger partial charge on any atom is -0.393 e. The number of anilines is 1. The van der Waals surface area contributed by atoms with Gasteiger partial charge in [-0.1, -0.05) is 38.1 Å². The lowest BCUT2D eigenvalue weighted by molar-refractivity contribution is -0.184. The Labute approximate surface area is 275 Å². The van der Waals surface area contributed by atoms with Crippen molar-refractivity contribution in [3.63, 3.8) is 0 Å². The normalized spacial score (nSPS) is 34.4. The standard InChI is InChI=1S/C36H48N2O5S2/c1-5-35-16-15-28(40)33(44-19-18-37-45-30-11-7-8-22-23(30)9-6-10-27(22)38(3)4)26(35)13-12-24-25-14-17-36(43,31(42)21-39)34(25,2)20-29(41)32(24)35/h6-11,24-25,29,32,37,39,41,43H,5,12-21H2,1-4H3/t24?,25?,29?,32?,34?,35?,36-/m0/s1. The molecule has 9 heteroatoms. The van der Waals surface area contributed by atoms with Crippen molar-refractivity contribution in [2.24, 2.45) is 28.6 Å². The summed E-state index contributed by atoms with van der Waals surface area (Å²) in [5.41, 5.74) is -0.154. The molecule has 4 N–H and O–H groups in total. The molecule has 0 heterocycles. The van der Waals surface area contributed by atoms with Crippen molar-refractivity contribution in [1.82, 2.24) is 4.72 Å². The van der Waals surface area contributed by atoms with Gasteiger partial charge in [0.15, 0.2) is 11.6 Å². The molecule has 45 heavy (non-hydrogen) atoms. The second-order valence-electron chi connectivity index (χ2n) is 14.1. The van der Waals surface area contributed by atoms with E-state index in [-0.39, 0.29) is 29.0 Å². The van der Waals surface area contributed by atoms with Crippen LogP contribution in [0, 0.1) is 28.6 Å². The van der Waals surface area contributed by atoms with Gasteiger partial charge in [-0.05, 0) is 103 Å². The highest BCUT2D eigenvalue weighted by Crippen LogP contribution is 2.69. The molecule has 6 rings (SSSR count). The van der Waals surface area contributed by atoms with Crippen LogP contribution in [0.2, 0.25) is 0 Å². The molecule has 0 radical (unpaired) electrons. The summed E-state index contributed by atoms with van der Waals surface area (Å²) in [7, 11) is 4.13. The van der Waals surface area contributed by atoms with Crippen LogP contribution < -0.4 is 9.62 Å². The Kier molecular flexibility index (Phi) is 9.27. The van der Waals surface area contributed by atoms with E-state index < -0.39 is 29.5 Å². The van der Waals surface area contributed by atoms with Gasteiger partial charge in [0.25, 0.3) is 0 Å². The van der Waals surface area contributed by atoms with Gasteiger partial charge in [-0.25, -0.2) is 0 Å². The lowest BCUT2D eigenvalue weighted by atomic mass is 9.44. The van der Waals surface area contributed by atoms with Gasteiger partial charge >= 0.3 is 0 Å². The van der Waals surface area contributed by atoms with E-state index in [0.29, 0.717) is 19.3 Å². The van der Waals surface area contributed by atoms with Crippen molar-refractivity contribution in [2.45, 2.75) is 81.8 Å². The van der Waals surface area contributed by atoms with E-state index in [0.717, 1.165) is 49.3 Å². The van der Waals surface area contributed by atoms with Crippen LogP contribution in [0.1, 0.15) is 65.2 Å². The maximum Gasteiger partial charge on any atom is 0.190 e. The second-order valence-corrected chi connectivity index (χ2v) is 16.2. The van der Waals surface area contributed by atoms with Crippen molar-refractivity contribution in [1.29, 1.82) is 0 Å². The molecule has 4 aliphatic rings. The number of fused-ring (bicyclic) bond motifs is 6. The molecule has 0 spiro atoms. The highest BCUT2D eigenvalue weighted by atomic mass is 32.2. The molecule has 3 saturated carbocycles. The van der Waals surface area contributed by atoms with E-state index in [9.17, 15) is 24.9 Å². The number of ketones is 2. The van der Waals surface area contributed by atoms with Crippen molar-refractivity contribution < 1.29 is 24.9 Å². The first-order valence-corrected chi connectivity index (χ1v) is 18.4. The van der Waals surface area contributed by atoms with E-state index in [4.69, 9.17) is 0 Å². The van der Waals surface area contributed by atoms with Crippen LogP contribution in [-0.4, -0.2) is 71.6 Å². The van der Waals surface area contributed by atoms with Crippen molar-refractivity contribution in [3.05, 3.63) is 46.9 Å². The van der Waals surface area contributed by atoms with Crippen LogP contribution in [0.3, 0.4) is 0 Å². The fourth-order valence-corrected chi connectivity index (χ4v) is 12.1. The number of aliphatic hydroxyl groups is 3. The number of rotatable bonds is 10. The Morgan fingerprint density at radius 1 is 1.09 bits per heavy atom. The third-order valence-corrected chi connectivity index (χ3v) is 14.2. The number of benzene rings is 2. The molecule has 7 nitrogen and oxygen atoms in total. The number of hydrogen-bond donors (Lipinski definition) is 4. The number of aliphatic hydroxyl groups excluding tert-OH is 2. The fourth-order valence-electron chi connectivity index (χ4n) is 10.0. The lowest BCUT2D eigenvalue weighted by Gasteiger charge is -2.61. The smallest absolute Gasteiger partial charge is 0.190 e. The summed E-state index contributed by atoms with van der Waals surface area (Å²) in [6.45, 7) is 4.22. The predicted molar refractivity (Wildman–Crippen MR) is 183 cm³/mol. The molecule has 3 fully saturated rings. The van der Waals surface area contributed by atoms with Crippen LogP contribution in [0.4, 0.5) is 5.69 Å². The first-order valence-electron chi connectivity index (χ1n) is 16.6. The maximum absolute atomic E-state index is 13.4. The summed E-state index contributed by atoms with van der Waals surface area (Å²) in [4.78, 5) is 30.4. The number of hydrogen-bond acceptors (Lipinski definition) is 9. The zero-order valence-corrected chi connectivity index (χ0v) is 28.6. The Morgan fingerprint density at radius 3 is 2.58 bits per heavy atom. The van der Waals surface area contributed by atoms with E-state index >= 15 is 0 Å². The highest BCUT2D eigenvalue weighted by molar-refractivity contribution is 8.04. The highest BCUT2D eigenvalue weighted by Gasteiger charge is 2.68. The van der Waals surface area contributed by atoms with E-state index in [1.54, 1.807) is 23.7 Å². The van der Waals surface area contributed by atoms with Crippen LogP contribution in [0.25, 0.3) is 10.8 Å². The molecule has 0 amide bonds. The summed E-state index contributed by atoms with van der Waals surface area (Å²) in [6, 6.07) is 12.8. The quantitative estimate of drug-likeness (QED) is 0.189. The van der Waals surface area contributed by atoms with E-state index in [2.05, 4.69) is 67.0 Å². The van der Waals surface area contributed by atoms with Crippen molar-refractivity contribution in [2.75, 3.05) is 37.9 Å². The predicted octanol–water partition coefficient (Wildman–Crippen LogP) is 5.75. The van der Waals surface area contributed by atoms with Gasteiger partial charge in [0.2, 0.25) is 0 Å². The van der Waals surface area contributed by atoms with Gasteiger partial charge in [-0.15, -0.1) is 11.8 Å². The van der Waals surface area contributed by atoms with Gasteiger partial charge in [0.1, 0.15) is 12.2 Å². The number of nitrogens with one attached hydrogen (secondary N) is 1. The molecule has 0 saturated heterocycles.